The molecular formula is C37H66O5. The van der Waals surface area contributed by atoms with E-state index < -0.39 is 6.16 Å². The molecule has 0 unspecified atom stereocenters. The average Bonchev–Trinajstić information content (AvgIpc) is 2.97. The Morgan fingerprint density at radius 1 is 0.500 bits per heavy atom. The Balaban J connectivity index is 3.28. The van der Waals surface area contributed by atoms with Gasteiger partial charge in [-0.2, -0.15) is 0 Å². The van der Waals surface area contributed by atoms with Crippen LogP contribution in [0.4, 0.5) is 4.79 Å². The van der Waals surface area contributed by atoms with E-state index in [1.165, 1.54) is 108 Å². The smallest absolute Gasteiger partial charge is 0.504 e. The molecule has 1 rings (SSSR count). The number of unbranched alkanes of at least 4 members (excludes halogenated alkanes) is 18. The summed E-state index contributed by atoms with van der Waals surface area (Å²) in [5, 5.41) is 21.1. The van der Waals surface area contributed by atoms with Crippen molar-refractivity contribution in [1.82, 2.24) is 0 Å². The maximum absolute atomic E-state index is 11.8. The number of benzene rings is 1. The molecule has 1 aromatic rings. The van der Waals surface area contributed by atoms with Crippen LogP contribution >= 0.6 is 0 Å². The van der Waals surface area contributed by atoms with Crippen molar-refractivity contribution in [3.05, 3.63) is 16.7 Å². The molecule has 0 aliphatic heterocycles. The van der Waals surface area contributed by atoms with Crippen LogP contribution in [0, 0.1) is 0 Å². The van der Waals surface area contributed by atoms with Gasteiger partial charge in [-0.1, -0.05) is 143 Å². The van der Waals surface area contributed by atoms with Gasteiger partial charge in [0, 0.05) is 11.1 Å². The maximum atomic E-state index is 11.8. The van der Waals surface area contributed by atoms with E-state index in [1.54, 1.807) is 0 Å². The average molecular weight is 591 g/mol. The number of carbonyl (C=O) groups is 1. The van der Waals surface area contributed by atoms with Gasteiger partial charge in [0.25, 0.3) is 0 Å². The molecule has 0 atom stereocenters. The zero-order valence-corrected chi connectivity index (χ0v) is 28.0. The number of rotatable bonds is 28. The lowest BCUT2D eigenvalue weighted by atomic mass is 9.88. The summed E-state index contributed by atoms with van der Waals surface area (Å²) in [6, 6.07) is 0. The lowest BCUT2D eigenvalue weighted by Crippen LogP contribution is -2.12. The van der Waals surface area contributed by atoms with Gasteiger partial charge in [0.15, 0.2) is 11.5 Å². The van der Waals surface area contributed by atoms with E-state index in [4.69, 9.17) is 9.47 Å². The standard InChI is InChI=1S/C37H66O5/c1-5-9-12-15-18-21-24-27-31-32(28-25-22-19-16-13-10-6-2)34(38)36(42-37(39)40)35(41-30-8-4)33(31)29-26-23-20-17-14-11-7-3/h38H,5-30H2,1-4H3,(H,39,40). The van der Waals surface area contributed by atoms with Crippen molar-refractivity contribution in [2.45, 2.75) is 188 Å². The molecule has 0 spiro atoms. The minimum atomic E-state index is -1.41. The second-order valence-electron chi connectivity index (χ2n) is 12.3. The molecule has 0 saturated carbocycles. The third kappa shape index (κ3) is 16.1. The van der Waals surface area contributed by atoms with Gasteiger partial charge in [0.2, 0.25) is 5.75 Å². The van der Waals surface area contributed by atoms with Crippen molar-refractivity contribution in [2.75, 3.05) is 6.61 Å². The molecule has 0 amide bonds. The molecule has 244 valence electrons. The van der Waals surface area contributed by atoms with Gasteiger partial charge in [-0.25, -0.2) is 4.79 Å². The molecular weight excluding hydrogens is 524 g/mol. The summed E-state index contributed by atoms with van der Waals surface area (Å²) >= 11 is 0. The normalized spacial score (nSPS) is 11.2. The quantitative estimate of drug-likeness (QED) is 0.0576. The summed E-state index contributed by atoms with van der Waals surface area (Å²) in [5.41, 5.74) is 3.17. The Bertz CT molecular complexity index is 819. The third-order valence-electron chi connectivity index (χ3n) is 8.44. The van der Waals surface area contributed by atoms with Crippen LogP contribution < -0.4 is 9.47 Å². The Morgan fingerprint density at radius 3 is 1.29 bits per heavy atom. The van der Waals surface area contributed by atoms with Crippen LogP contribution in [0.1, 0.15) is 186 Å². The number of aromatic hydroxyl groups is 1. The largest absolute Gasteiger partial charge is 0.511 e. The number of carboxylic acid groups (broad SMARTS) is 1. The van der Waals surface area contributed by atoms with E-state index in [-0.39, 0.29) is 11.5 Å². The Morgan fingerprint density at radius 2 is 0.881 bits per heavy atom. The molecule has 0 aromatic heterocycles. The minimum Gasteiger partial charge on any atom is -0.504 e. The second-order valence-corrected chi connectivity index (χ2v) is 12.3. The zero-order chi connectivity index (χ0) is 30.8. The van der Waals surface area contributed by atoms with E-state index in [1.807, 2.05) is 6.92 Å². The molecule has 5 heteroatoms. The van der Waals surface area contributed by atoms with E-state index in [0.29, 0.717) is 12.4 Å². The highest BCUT2D eigenvalue weighted by atomic mass is 16.7. The lowest BCUT2D eigenvalue weighted by molar-refractivity contribution is 0.140. The number of hydrogen-bond donors (Lipinski definition) is 2. The molecule has 0 saturated heterocycles. The number of ether oxygens (including phenoxy) is 2. The Labute approximate surface area is 259 Å². The minimum absolute atomic E-state index is 0.00940. The first-order valence-corrected chi connectivity index (χ1v) is 17.9. The van der Waals surface area contributed by atoms with Gasteiger partial charge in [0.05, 0.1) is 6.61 Å². The van der Waals surface area contributed by atoms with Crippen molar-refractivity contribution in [2.24, 2.45) is 0 Å². The first-order valence-electron chi connectivity index (χ1n) is 17.9. The van der Waals surface area contributed by atoms with Crippen molar-refractivity contribution in [3.63, 3.8) is 0 Å². The first kappa shape index (κ1) is 38.1. The molecule has 42 heavy (non-hydrogen) atoms. The summed E-state index contributed by atoms with van der Waals surface area (Å²) in [5.74, 6) is 0.454. The molecule has 5 nitrogen and oxygen atoms in total. The van der Waals surface area contributed by atoms with Gasteiger partial charge >= 0.3 is 6.16 Å². The molecule has 2 N–H and O–H groups in total. The molecule has 0 aliphatic rings. The number of hydrogen-bond acceptors (Lipinski definition) is 4. The van der Waals surface area contributed by atoms with Gasteiger partial charge < -0.3 is 19.7 Å². The number of phenols is 1. The molecule has 0 radical (unpaired) electrons. The summed E-state index contributed by atoms with van der Waals surface area (Å²) in [6.45, 7) is 9.25. The van der Waals surface area contributed by atoms with Crippen molar-refractivity contribution in [3.8, 4) is 17.2 Å². The molecule has 1 aromatic carbocycles. The summed E-state index contributed by atoms with van der Waals surface area (Å²) in [4.78, 5) is 11.8. The zero-order valence-electron chi connectivity index (χ0n) is 28.0. The summed E-state index contributed by atoms with van der Waals surface area (Å²) in [7, 11) is 0. The highest BCUT2D eigenvalue weighted by Gasteiger charge is 2.27. The van der Waals surface area contributed by atoms with Crippen LogP contribution in [-0.4, -0.2) is 23.0 Å². The second kappa shape index (κ2) is 25.6. The van der Waals surface area contributed by atoms with E-state index in [0.717, 1.165) is 68.9 Å². The topological polar surface area (TPSA) is 76.0 Å². The van der Waals surface area contributed by atoms with Crippen LogP contribution in [-0.2, 0) is 19.3 Å². The fraction of sp³-hybridized carbons (Fsp3) is 0.811. The van der Waals surface area contributed by atoms with E-state index in [9.17, 15) is 15.0 Å². The van der Waals surface area contributed by atoms with Crippen LogP contribution in [0.15, 0.2) is 0 Å². The maximum Gasteiger partial charge on any atom is 0.511 e. The summed E-state index contributed by atoms with van der Waals surface area (Å²) < 4.78 is 11.5. The van der Waals surface area contributed by atoms with E-state index in [2.05, 4.69) is 20.8 Å². The number of phenolic OH excluding ortho intramolecular Hbond substituents is 1. The van der Waals surface area contributed by atoms with Gasteiger partial charge in [-0.3, -0.25) is 0 Å². The van der Waals surface area contributed by atoms with Crippen LogP contribution in [0.2, 0.25) is 0 Å². The van der Waals surface area contributed by atoms with E-state index >= 15 is 0 Å². The lowest BCUT2D eigenvalue weighted by Gasteiger charge is -2.24. The monoisotopic (exact) mass is 590 g/mol. The first-order chi connectivity index (χ1) is 20.5. The molecule has 0 fully saturated rings. The predicted molar refractivity (Wildman–Crippen MR) is 178 cm³/mol. The highest BCUT2D eigenvalue weighted by molar-refractivity contribution is 5.70. The van der Waals surface area contributed by atoms with Gasteiger partial charge in [-0.05, 0) is 50.5 Å². The van der Waals surface area contributed by atoms with Crippen LogP contribution in [0.25, 0.3) is 0 Å². The molecule has 0 bridgehead atoms. The van der Waals surface area contributed by atoms with Crippen molar-refractivity contribution in [1.29, 1.82) is 0 Å². The predicted octanol–water partition coefficient (Wildman–Crippen LogP) is 12.1. The molecule has 0 aliphatic carbocycles. The Hall–Kier alpha value is -1.91. The fourth-order valence-corrected chi connectivity index (χ4v) is 5.99. The molecule has 0 heterocycles. The fourth-order valence-electron chi connectivity index (χ4n) is 5.99. The highest BCUT2D eigenvalue weighted by Crippen LogP contribution is 2.47. The Kier molecular flexibility index (Phi) is 23.2. The third-order valence-corrected chi connectivity index (χ3v) is 8.44. The summed E-state index contributed by atoms with van der Waals surface area (Å²) in [6.07, 6.45) is 27.4. The van der Waals surface area contributed by atoms with Gasteiger partial charge in [-0.15, -0.1) is 0 Å². The van der Waals surface area contributed by atoms with Crippen molar-refractivity contribution < 1.29 is 24.5 Å². The van der Waals surface area contributed by atoms with Crippen LogP contribution in [0.5, 0.6) is 17.2 Å². The SMILES string of the molecule is CCCCCCCCCc1c(O)c(OC(=O)O)c(OCCC)c(CCCCCCCCC)c1CCCCCCCCC. The van der Waals surface area contributed by atoms with Gasteiger partial charge in [0.1, 0.15) is 0 Å². The van der Waals surface area contributed by atoms with Crippen molar-refractivity contribution >= 4 is 6.16 Å². The van der Waals surface area contributed by atoms with Crippen LogP contribution in [0.3, 0.4) is 0 Å².